The van der Waals surface area contributed by atoms with Crippen LogP contribution in [0.5, 0.6) is 0 Å². The zero-order valence-corrected chi connectivity index (χ0v) is 13.0. The minimum atomic E-state index is -0.499. The Morgan fingerprint density at radius 2 is 1.65 bits per heavy atom. The maximum atomic E-state index is 11.5. The van der Waals surface area contributed by atoms with E-state index in [-0.39, 0.29) is 17.5 Å². The maximum absolute atomic E-state index is 11.5. The van der Waals surface area contributed by atoms with Crippen LogP contribution in [0.4, 0.5) is 0 Å². The Bertz CT molecular complexity index is 337. The summed E-state index contributed by atoms with van der Waals surface area (Å²) in [6, 6.07) is -0.893. The van der Waals surface area contributed by atoms with Crippen molar-refractivity contribution in [3.05, 3.63) is 0 Å². The van der Waals surface area contributed by atoms with Crippen molar-refractivity contribution in [2.75, 3.05) is 18.1 Å². The molecule has 20 heavy (non-hydrogen) atoms. The van der Waals surface area contributed by atoms with E-state index in [1.807, 2.05) is 0 Å². The lowest BCUT2D eigenvalue weighted by Gasteiger charge is -2.09. The summed E-state index contributed by atoms with van der Waals surface area (Å²) in [5.74, 6) is 0.609. The molecule has 0 unspecified atom stereocenters. The van der Waals surface area contributed by atoms with Gasteiger partial charge in [0.2, 0.25) is 5.91 Å². The minimum absolute atomic E-state index is 0.00718. The van der Waals surface area contributed by atoms with E-state index in [1.54, 1.807) is 0 Å². The number of Topliss-reactive ketones (excluding diaryl/α,β-unsaturated/α-hetero) is 2. The van der Waals surface area contributed by atoms with Gasteiger partial charge in [0.15, 0.2) is 0 Å². The number of unbranched alkanes of at least 4 members (excludes halogenated alkanes) is 1. The molecule has 0 spiro atoms. The van der Waals surface area contributed by atoms with E-state index in [0.717, 1.165) is 12.8 Å². The number of carbonyl (C=O) groups excluding carboxylic acids is 3. The molecule has 0 saturated carbocycles. The van der Waals surface area contributed by atoms with Crippen LogP contribution >= 0.6 is 11.8 Å². The molecule has 0 saturated heterocycles. The van der Waals surface area contributed by atoms with Gasteiger partial charge in [-0.2, -0.15) is 0 Å². The molecule has 0 rings (SSSR count). The molecular formula is C13H25N3O3S. The Hall–Kier alpha value is -0.920. The average Bonchev–Trinajstić information content (AvgIpc) is 2.37. The highest BCUT2D eigenvalue weighted by Gasteiger charge is 2.10. The molecule has 0 aromatic carbocycles. The highest BCUT2D eigenvalue weighted by Crippen LogP contribution is 2.02. The van der Waals surface area contributed by atoms with Crippen molar-refractivity contribution in [2.45, 2.75) is 45.2 Å². The van der Waals surface area contributed by atoms with Crippen LogP contribution in [0.1, 0.15) is 33.1 Å². The maximum Gasteiger partial charge on any atom is 0.229 e. The van der Waals surface area contributed by atoms with Crippen molar-refractivity contribution in [1.29, 1.82) is 0 Å². The van der Waals surface area contributed by atoms with E-state index in [2.05, 4.69) is 5.32 Å². The second kappa shape index (κ2) is 10.8. The Labute approximate surface area is 124 Å². The summed E-state index contributed by atoms with van der Waals surface area (Å²) in [5, 5.41) is 2.78. The fourth-order valence-corrected chi connectivity index (χ4v) is 2.26. The van der Waals surface area contributed by atoms with Gasteiger partial charge in [-0.3, -0.25) is 14.4 Å². The Morgan fingerprint density at radius 3 is 2.20 bits per heavy atom. The predicted octanol–water partition coefficient (Wildman–Crippen LogP) is -0.161. The van der Waals surface area contributed by atoms with Crippen molar-refractivity contribution in [1.82, 2.24) is 5.32 Å². The van der Waals surface area contributed by atoms with Crippen LogP contribution < -0.4 is 16.8 Å². The van der Waals surface area contributed by atoms with E-state index in [4.69, 9.17) is 11.5 Å². The van der Waals surface area contributed by atoms with E-state index in [0.29, 0.717) is 24.5 Å². The zero-order valence-electron chi connectivity index (χ0n) is 12.2. The zero-order chi connectivity index (χ0) is 15.5. The molecule has 6 nitrogen and oxygen atoms in total. The lowest BCUT2D eigenvalue weighted by atomic mass is 10.1. The largest absolute Gasteiger partial charge is 0.355 e. The highest BCUT2D eigenvalue weighted by atomic mass is 32.2. The molecule has 0 aliphatic carbocycles. The van der Waals surface area contributed by atoms with Crippen molar-refractivity contribution in [2.24, 2.45) is 11.5 Å². The topological polar surface area (TPSA) is 115 Å². The monoisotopic (exact) mass is 303 g/mol. The molecule has 7 heteroatoms. The molecule has 0 radical (unpaired) electrons. The van der Waals surface area contributed by atoms with Gasteiger partial charge in [0.25, 0.3) is 0 Å². The Balaban J connectivity index is 3.50. The summed E-state index contributed by atoms with van der Waals surface area (Å²) in [5.41, 5.74) is 11.2. The third-order valence-corrected chi connectivity index (χ3v) is 3.90. The van der Waals surface area contributed by atoms with Crippen LogP contribution in [-0.2, 0) is 14.4 Å². The molecule has 0 aromatic heterocycles. The summed E-state index contributed by atoms with van der Waals surface area (Å²) in [6.07, 6.45) is 2.25. The third kappa shape index (κ3) is 9.94. The fourth-order valence-electron chi connectivity index (χ4n) is 1.37. The number of ketones is 2. The summed E-state index contributed by atoms with van der Waals surface area (Å²) in [4.78, 5) is 33.3. The molecule has 1 amide bonds. The van der Waals surface area contributed by atoms with Gasteiger partial charge in [-0.25, -0.2) is 0 Å². The standard InChI is InChI=1S/C13H25N3O3S/c1-9(17)11(14)5-3-4-6-16-13(19)8-20-7-12(15)10(2)18/h11-12H,3-8,14-15H2,1-2H3,(H,16,19)/t11-,12-/m0/s1. The Morgan fingerprint density at radius 1 is 1.05 bits per heavy atom. The number of amides is 1. The molecule has 116 valence electrons. The van der Waals surface area contributed by atoms with E-state index in [1.165, 1.54) is 25.6 Å². The molecule has 0 fully saturated rings. The first-order valence-electron chi connectivity index (χ1n) is 6.71. The molecule has 0 heterocycles. The van der Waals surface area contributed by atoms with E-state index < -0.39 is 12.1 Å². The molecule has 2 atom stereocenters. The van der Waals surface area contributed by atoms with Gasteiger partial charge in [0.05, 0.1) is 17.8 Å². The number of thioether (sulfide) groups is 1. The Kier molecular flexibility index (Phi) is 10.3. The van der Waals surface area contributed by atoms with Crippen LogP contribution in [-0.4, -0.2) is 47.6 Å². The molecule has 0 aliphatic heterocycles. The number of nitrogens with two attached hydrogens (primary N) is 2. The first-order valence-corrected chi connectivity index (χ1v) is 7.86. The number of nitrogens with one attached hydrogen (secondary N) is 1. The first kappa shape index (κ1) is 19.1. The van der Waals surface area contributed by atoms with E-state index in [9.17, 15) is 14.4 Å². The summed E-state index contributed by atoms with van der Waals surface area (Å²) in [7, 11) is 0. The van der Waals surface area contributed by atoms with E-state index >= 15 is 0 Å². The summed E-state index contributed by atoms with van der Waals surface area (Å²) >= 11 is 1.35. The van der Waals surface area contributed by atoms with Crippen molar-refractivity contribution in [3.8, 4) is 0 Å². The minimum Gasteiger partial charge on any atom is -0.355 e. The molecule has 0 bridgehead atoms. The van der Waals surface area contributed by atoms with Crippen LogP contribution in [0.3, 0.4) is 0 Å². The lowest BCUT2D eigenvalue weighted by Crippen LogP contribution is -2.32. The summed E-state index contributed by atoms with van der Waals surface area (Å²) < 4.78 is 0. The van der Waals surface area contributed by atoms with Crippen LogP contribution in [0.25, 0.3) is 0 Å². The van der Waals surface area contributed by atoms with Gasteiger partial charge in [-0.1, -0.05) is 0 Å². The van der Waals surface area contributed by atoms with Crippen LogP contribution in [0, 0.1) is 0 Å². The molecule has 5 N–H and O–H groups in total. The number of hydrogen-bond acceptors (Lipinski definition) is 6. The first-order chi connectivity index (χ1) is 9.34. The van der Waals surface area contributed by atoms with Crippen molar-refractivity contribution in [3.63, 3.8) is 0 Å². The molecule has 0 aromatic rings. The van der Waals surface area contributed by atoms with Gasteiger partial charge in [0, 0.05) is 12.3 Å². The van der Waals surface area contributed by atoms with Gasteiger partial charge >= 0.3 is 0 Å². The predicted molar refractivity (Wildman–Crippen MR) is 81.5 cm³/mol. The SMILES string of the molecule is CC(=O)[C@@H](N)CCCCNC(=O)CSC[C@H](N)C(C)=O. The van der Waals surface area contributed by atoms with Crippen LogP contribution in [0.2, 0.25) is 0 Å². The van der Waals surface area contributed by atoms with Crippen molar-refractivity contribution < 1.29 is 14.4 Å². The van der Waals surface area contributed by atoms with Gasteiger partial charge < -0.3 is 16.8 Å². The number of hydrogen-bond donors (Lipinski definition) is 3. The molecular weight excluding hydrogens is 278 g/mol. The third-order valence-electron chi connectivity index (χ3n) is 2.84. The van der Waals surface area contributed by atoms with Gasteiger partial charge in [-0.15, -0.1) is 11.8 Å². The normalized spacial score (nSPS) is 13.6. The fraction of sp³-hybridized carbons (Fsp3) is 0.769. The number of rotatable bonds is 11. The van der Waals surface area contributed by atoms with Gasteiger partial charge in [0.1, 0.15) is 11.6 Å². The lowest BCUT2D eigenvalue weighted by molar-refractivity contribution is -0.119. The highest BCUT2D eigenvalue weighted by molar-refractivity contribution is 8.00. The number of carbonyl (C=O) groups is 3. The van der Waals surface area contributed by atoms with Crippen LogP contribution in [0.15, 0.2) is 0 Å². The van der Waals surface area contributed by atoms with Crippen molar-refractivity contribution >= 4 is 29.2 Å². The molecule has 0 aliphatic rings. The quantitative estimate of drug-likeness (QED) is 0.457. The second-order valence-corrected chi connectivity index (χ2v) is 5.83. The summed E-state index contributed by atoms with van der Waals surface area (Å²) in [6.45, 7) is 3.50. The van der Waals surface area contributed by atoms with Gasteiger partial charge in [-0.05, 0) is 33.1 Å². The smallest absolute Gasteiger partial charge is 0.229 e. The second-order valence-electron chi connectivity index (χ2n) is 4.80. The average molecular weight is 303 g/mol.